The minimum Gasteiger partial charge on any atom is -0.308 e. The third-order valence-corrected chi connectivity index (χ3v) is 10.9. The molecule has 5 nitrogen and oxygen atoms in total. The predicted octanol–water partition coefficient (Wildman–Crippen LogP) is 12.7. The van der Waals surface area contributed by atoms with Crippen molar-refractivity contribution in [1.29, 1.82) is 0 Å². The molecule has 6 aromatic carbocycles. The van der Waals surface area contributed by atoms with Crippen molar-refractivity contribution in [3.05, 3.63) is 201 Å². The predicted molar refractivity (Wildman–Crippen MR) is 230 cm³/mol. The molecule has 0 aliphatic heterocycles. The number of imidazole rings is 1. The van der Waals surface area contributed by atoms with Crippen LogP contribution in [0, 0.1) is 0 Å². The highest BCUT2D eigenvalue weighted by Crippen LogP contribution is 2.46. The van der Waals surface area contributed by atoms with Crippen molar-refractivity contribution in [3.63, 3.8) is 0 Å². The van der Waals surface area contributed by atoms with Gasteiger partial charge in [-0.3, -0.25) is 4.98 Å². The van der Waals surface area contributed by atoms with Crippen molar-refractivity contribution >= 4 is 38.1 Å². The number of aromatic nitrogens is 5. The molecule has 0 spiro atoms. The van der Waals surface area contributed by atoms with E-state index in [2.05, 4.69) is 166 Å². The van der Waals surface area contributed by atoms with Crippen LogP contribution in [0.3, 0.4) is 0 Å². The first-order valence-corrected chi connectivity index (χ1v) is 18.8. The quantitative estimate of drug-likeness (QED) is 0.161. The Hall–Kier alpha value is -7.63. The van der Waals surface area contributed by atoms with Crippen molar-refractivity contribution in [2.24, 2.45) is 0 Å². The molecule has 5 aromatic heterocycles. The van der Waals surface area contributed by atoms with Gasteiger partial charge in [-0.05, 0) is 75.8 Å². The molecular formula is C51H33N5. The second-order valence-corrected chi connectivity index (χ2v) is 14.1. The normalized spacial score (nSPS) is 11.6. The molecule has 0 unspecified atom stereocenters. The molecule has 0 bridgehead atoms. The maximum absolute atomic E-state index is 5.13. The maximum atomic E-state index is 5.13. The van der Waals surface area contributed by atoms with Crippen LogP contribution in [0.5, 0.6) is 0 Å². The molecule has 0 atom stereocenters. The van der Waals surface area contributed by atoms with Gasteiger partial charge in [0, 0.05) is 63.5 Å². The lowest BCUT2D eigenvalue weighted by atomic mass is 9.94. The average Bonchev–Trinajstić information content (AvgIpc) is 3.87. The van der Waals surface area contributed by atoms with Crippen molar-refractivity contribution in [2.45, 2.75) is 0 Å². The van der Waals surface area contributed by atoms with Crippen LogP contribution in [0.15, 0.2) is 201 Å². The van der Waals surface area contributed by atoms with E-state index in [1.165, 1.54) is 43.6 Å². The summed E-state index contributed by atoms with van der Waals surface area (Å²) in [6.45, 7) is 0. The number of benzene rings is 6. The molecule has 5 heteroatoms. The fraction of sp³-hybridized carbons (Fsp3) is 0. The van der Waals surface area contributed by atoms with Crippen LogP contribution < -0.4 is 0 Å². The lowest BCUT2D eigenvalue weighted by molar-refractivity contribution is 1.14. The van der Waals surface area contributed by atoms with Gasteiger partial charge in [-0.2, -0.15) is 0 Å². The first-order chi connectivity index (χ1) is 27.8. The highest BCUT2D eigenvalue weighted by atomic mass is 15.0. The number of hydrogen-bond donors (Lipinski definition) is 0. The van der Waals surface area contributed by atoms with Gasteiger partial charge in [-0.25, -0.2) is 9.97 Å². The van der Waals surface area contributed by atoms with Gasteiger partial charge in [0.05, 0.1) is 28.3 Å². The number of fused-ring (bicyclic) bond motifs is 6. The van der Waals surface area contributed by atoms with E-state index in [4.69, 9.17) is 9.97 Å². The highest BCUT2D eigenvalue weighted by Gasteiger charge is 2.24. The van der Waals surface area contributed by atoms with Gasteiger partial charge in [0.1, 0.15) is 5.65 Å². The molecule has 0 fully saturated rings. The molecule has 56 heavy (non-hydrogen) atoms. The molecule has 0 N–H and O–H groups in total. The maximum Gasteiger partial charge on any atom is 0.137 e. The Morgan fingerprint density at radius 2 is 1.05 bits per heavy atom. The number of nitrogens with zero attached hydrogens (tertiary/aromatic N) is 5. The van der Waals surface area contributed by atoms with Crippen LogP contribution in [-0.4, -0.2) is 23.9 Å². The Bertz CT molecular complexity index is 3190. The van der Waals surface area contributed by atoms with Crippen molar-refractivity contribution in [1.82, 2.24) is 23.9 Å². The zero-order chi connectivity index (χ0) is 37.0. The topological polar surface area (TPSA) is 48.0 Å². The van der Waals surface area contributed by atoms with Gasteiger partial charge >= 0.3 is 0 Å². The molecule has 5 heterocycles. The standard InChI is InChI=1S/C51H33N5/c1-3-11-36(12-4-1)49-44-27-25-41-39-15-9-16-42(46-18-10-17-45(53-46)35-28-30-52-31-29-35)40(39)24-26-43(41)51(44)56(50(49)37-13-5-2-6-14-37)38-22-20-34(21-23-38)47-33-55-32-8-7-19-48(55)54-47/h1-33H. The molecule has 0 saturated carbocycles. The summed E-state index contributed by atoms with van der Waals surface area (Å²) in [4.78, 5) is 14.2. The molecule has 0 aliphatic carbocycles. The highest BCUT2D eigenvalue weighted by molar-refractivity contribution is 6.22. The summed E-state index contributed by atoms with van der Waals surface area (Å²) in [6.07, 6.45) is 7.76. The molecular weight excluding hydrogens is 683 g/mol. The summed E-state index contributed by atoms with van der Waals surface area (Å²) in [5.41, 5.74) is 13.9. The molecule has 0 amide bonds. The van der Waals surface area contributed by atoms with Crippen LogP contribution in [0.1, 0.15) is 0 Å². The molecule has 262 valence electrons. The fourth-order valence-electron chi connectivity index (χ4n) is 8.32. The van der Waals surface area contributed by atoms with E-state index in [9.17, 15) is 0 Å². The average molecular weight is 716 g/mol. The minimum absolute atomic E-state index is 0.927. The Balaban J connectivity index is 1.17. The van der Waals surface area contributed by atoms with Crippen molar-refractivity contribution < 1.29 is 0 Å². The van der Waals surface area contributed by atoms with Crippen molar-refractivity contribution in [2.75, 3.05) is 0 Å². The molecule has 0 saturated heterocycles. The van der Waals surface area contributed by atoms with E-state index >= 15 is 0 Å². The monoisotopic (exact) mass is 715 g/mol. The van der Waals surface area contributed by atoms with Gasteiger partial charge < -0.3 is 8.97 Å². The van der Waals surface area contributed by atoms with Crippen LogP contribution >= 0.6 is 0 Å². The van der Waals surface area contributed by atoms with E-state index in [1.807, 2.05) is 48.9 Å². The first kappa shape index (κ1) is 31.9. The van der Waals surface area contributed by atoms with Crippen LogP contribution in [0.4, 0.5) is 0 Å². The number of rotatable bonds is 6. The number of pyridine rings is 3. The van der Waals surface area contributed by atoms with Crippen molar-refractivity contribution in [3.8, 4) is 61.8 Å². The first-order valence-electron chi connectivity index (χ1n) is 18.8. The summed E-state index contributed by atoms with van der Waals surface area (Å²) in [7, 11) is 0. The third kappa shape index (κ3) is 5.21. The van der Waals surface area contributed by atoms with Gasteiger partial charge in [0.2, 0.25) is 0 Å². The van der Waals surface area contributed by atoms with Crippen LogP contribution in [-0.2, 0) is 0 Å². The molecule has 11 rings (SSSR count). The molecule has 0 radical (unpaired) electrons. The van der Waals surface area contributed by atoms with Gasteiger partial charge in [0.25, 0.3) is 0 Å². The molecule has 11 aromatic rings. The smallest absolute Gasteiger partial charge is 0.137 e. The van der Waals surface area contributed by atoms with E-state index < -0.39 is 0 Å². The Labute approximate surface area is 323 Å². The van der Waals surface area contributed by atoms with Crippen LogP contribution in [0.25, 0.3) is 99.9 Å². The Kier molecular flexibility index (Phi) is 7.42. The summed E-state index contributed by atoms with van der Waals surface area (Å²) in [5, 5.41) is 5.95. The summed E-state index contributed by atoms with van der Waals surface area (Å²) in [6, 6.07) is 62.6. The largest absolute Gasteiger partial charge is 0.308 e. The van der Waals surface area contributed by atoms with Gasteiger partial charge in [-0.1, -0.05) is 127 Å². The van der Waals surface area contributed by atoms with E-state index in [1.54, 1.807) is 0 Å². The fourth-order valence-corrected chi connectivity index (χ4v) is 8.32. The third-order valence-electron chi connectivity index (χ3n) is 10.9. The van der Waals surface area contributed by atoms with Gasteiger partial charge in [-0.15, -0.1) is 0 Å². The minimum atomic E-state index is 0.927. The molecule has 0 aliphatic rings. The Morgan fingerprint density at radius 1 is 0.393 bits per heavy atom. The van der Waals surface area contributed by atoms with E-state index in [-0.39, 0.29) is 0 Å². The Morgan fingerprint density at radius 3 is 1.86 bits per heavy atom. The summed E-state index contributed by atoms with van der Waals surface area (Å²) >= 11 is 0. The lowest BCUT2D eigenvalue weighted by Crippen LogP contribution is -1.98. The number of hydrogen-bond acceptors (Lipinski definition) is 3. The summed E-state index contributed by atoms with van der Waals surface area (Å²) in [5.74, 6) is 0. The van der Waals surface area contributed by atoms with Gasteiger partial charge in [0.15, 0.2) is 0 Å². The SMILES string of the molecule is c1ccc(-c2c(-c3ccccc3)n(-c3ccc(-c4cn5ccccc5n4)cc3)c3c2ccc2c4cccc(-c5cccc(-c6ccncc6)n5)c4ccc23)cc1. The van der Waals surface area contributed by atoms with E-state index in [0.29, 0.717) is 0 Å². The second kappa shape index (κ2) is 13.0. The summed E-state index contributed by atoms with van der Waals surface area (Å²) < 4.78 is 4.54. The zero-order valence-electron chi connectivity index (χ0n) is 30.3. The second-order valence-electron chi connectivity index (χ2n) is 14.1. The zero-order valence-corrected chi connectivity index (χ0v) is 30.3. The lowest BCUT2D eigenvalue weighted by Gasteiger charge is -2.15. The van der Waals surface area contributed by atoms with E-state index in [0.717, 1.165) is 56.4 Å². The van der Waals surface area contributed by atoms with Crippen LogP contribution in [0.2, 0.25) is 0 Å².